The van der Waals surface area contributed by atoms with E-state index >= 15 is 0 Å². The molecular formula is C18H20F2N6O3S2. The van der Waals surface area contributed by atoms with E-state index in [9.17, 15) is 13.6 Å². The molecule has 0 aromatic carbocycles. The Balaban J connectivity index is 1.52. The summed E-state index contributed by atoms with van der Waals surface area (Å²) >= 11 is 2.89. The van der Waals surface area contributed by atoms with Gasteiger partial charge in [-0.15, -0.1) is 11.3 Å². The lowest BCUT2D eigenvalue weighted by Gasteiger charge is -2.47. The molecule has 0 radical (unpaired) electrons. The molecule has 2 aliphatic rings. The van der Waals surface area contributed by atoms with Crippen molar-refractivity contribution in [3.8, 4) is 5.88 Å². The van der Waals surface area contributed by atoms with Gasteiger partial charge in [0.1, 0.15) is 22.1 Å². The first kappa shape index (κ1) is 21.8. The van der Waals surface area contributed by atoms with Gasteiger partial charge < -0.3 is 20.5 Å². The van der Waals surface area contributed by atoms with Crippen molar-refractivity contribution in [2.45, 2.75) is 38.0 Å². The number of thioether (sulfide) groups is 1. The van der Waals surface area contributed by atoms with Crippen LogP contribution in [-0.2, 0) is 10.3 Å². The lowest BCUT2D eigenvalue weighted by Crippen LogP contribution is -2.52. The number of nitrogens with zero attached hydrogens (tertiary/aromatic N) is 4. The molecule has 0 spiro atoms. The molecule has 9 nitrogen and oxygen atoms in total. The molecule has 3 N–H and O–H groups in total. The van der Waals surface area contributed by atoms with Gasteiger partial charge in [0, 0.05) is 17.1 Å². The Morgan fingerprint density at radius 3 is 2.90 bits per heavy atom. The van der Waals surface area contributed by atoms with E-state index in [2.05, 4.69) is 38.9 Å². The first-order chi connectivity index (χ1) is 14.7. The second-order valence-electron chi connectivity index (χ2n) is 7.75. The van der Waals surface area contributed by atoms with Crippen LogP contribution in [0.2, 0.25) is 0 Å². The number of anilines is 1. The van der Waals surface area contributed by atoms with Crippen molar-refractivity contribution in [2.75, 3.05) is 17.7 Å². The summed E-state index contributed by atoms with van der Waals surface area (Å²) in [6.07, 6.45) is 2.81. The van der Waals surface area contributed by atoms with Crippen LogP contribution in [0.25, 0.3) is 0 Å². The zero-order chi connectivity index (χ0) is 22.2. The third-order valence-electron chi connectivity index (χ3n) is 5.03. The minimum atomic E-state index is -3.02. The molecule has 166 valence electrons. The summed E-state index contributed by atoms with van der Waals surface area (Å²) in [7, 11) is 0. The number of aliphatic imine (C=N–C) groups is 1. The molecule has 2 aromatic rings. The summed E-state index contributed by atoms with van der Waals surface area (Å²) in [6.45, 7) is 1.43. The quantitative estimate of drug-likeness (QED) is 0.684. The molecule has 4 heterocycles. The lowest BCUT2D eigenvalue weighted by molar-refractivity contribution is -0.109. The second kappa shape index (κ2) is 8.28. The predicted molar refractivity (Wildman–Crippen MR) is 113 cm³/mol. The highest BCUT2D eigenvalue weighted by molar-refractivity contribution is 8.13. The Labute approximate surface area is 184 Å². The van der Waals surface area contributed by atoms with E-state index in [1.165, 1.54) is 23.1 Å². The monoisotopic (exact) mass is 470 g/mol. The van der Waals surface area contributed by atoms with E-state index in [0.29, 0.717) is 22.6 Å². The highest BCUT2D eigenvalue weighted by Gasteiger charge is 2.52. The number of carbonyl (C=O) groups is 1. The number of amidine groups is 1. The fraction of sp³-hybridized carbons (Fsp3) is 0.500. The average Bonchev–Trinajstić information content (AvgIpc) is 3.17. The van der Waals surface area contributed by atoms with Gasteiger partial charge >= 0.3 is 6.61 Å². The zero-order valence-electron chi connectivity index (χ0n) is 16.7. The number of halogens is 2. The van der Waals surface area contributed by atoms with Crippen LogP contribution in [0.15, 0.2) is 22.8 Å². The maximum atomic E-state index is 12.4. The lowest BCUT2D eigenvalue weighted by atomic mass is 9.77. The summed E-state index contributed by atoms with van der Waals surface area (Å²) in [5.74, 6) is 0.372. The molecule has 1 saturated heterocycles. The van der Waals surface area contributed by atoms with Crippen LogP contribution in [0, 0.1) is 5.92 Å². The molecule has 1 fully saturated rings. The van der Waals surface area contributed by atoms with Crippen molar-refractivity contribution in [1.29, 1.82) is 0 Å². The van der Waals surface area contributed by atoms with Gasteiger partial charge in [0.05, 0.1) is 24.6 Å². The Hall–Kier alpha value is -2.38. The smallest absolute Gasteiger partial charge is 0.388 e. The maximum Gasteiger partial charge on any atom is 0.388 e. The molecular weight excluding hydrogens is 450 g/mol. The van der Waals surface area contributed by atoms with Crippen molar-refractivity contribution < 1.29 is 23.0 Å². The van der Waals surface area contributed by atoms with Gasteiger partial charge in [-0.05, 0) is 20.3 Å². The minimum absolute atomic E-state index is 0.0636. The number of amides is 1. The number of hydrogen-bond donors (Lipinski definition) is 2. The van der Waals surface area contributed by atoms with Gasteiger partial charge in [-0.2, -0.15) is 8.78 Å². The average molecular weight is 471 g/mol. The number of nitrogens with two attached hydrogens (primary N) is 1. The van der Waals surface area contributed by atoms with Crippen LogP contribution in [0.3, 0.4) is 0 Å². The van der Waals surface area contributed by atoms with Crippen molar-refractivity contribution in [1.82, 2.24) is 15.0 Å². The number of aromatic nitrogens is 3. The van der Waals surface area contributed by atoms with Gasteiger partial charge in [0.25, 0.3) is 5.91 Å². The van der Waals surface area contributed by atoms with E-state index in [-0.39, 0.29) is 23.1 Å². The molecule has 2 atom stereocenters. The van der Waals surface area contributed by atoms with Crippen LogP contribution in [0.1, 0.15) is 35.8 Å². The van der Waals surface area contributed by atoms with Gasteiger partial charge in [-0.3, -0.25) is 4.79 Å². The number of hydrogen-bond acceptors (Lipinski definition) is 10. The van der Waals surface area contributed by atoms with Crippen molar-refractivity contribution in [3.63, 3.8) is 0 Å². The minimum Gasteiger partial charge on any atom is -0.415 e. The number of ether oxygens (including phenoxy) is 2. The van der Waals surface area contributed by atoms with E-state index < -0.39 is 18.1 Å². The molecule has 31 heavy (non-hydrogen) atoms. The highest BCUT2D eigenvalue weighted by atomic mass is 32.2. The van der Waals surface area contributed by atoms with Crippen molar-refractivity contribution in [3.05, 3.63) is 28.5 Å². The third kappa shape index (κ3) is 4.62. The van der Waals surface area contributed by atoms with Gasteiger partial charge in [0.15, 0.2) is 5.17 Å². The molecule has 4 rings (SSSR count). The van der Waals surface area contributed by atoms with Crippen LogP contribution in [-0.4, -0.2) is 50.6 Å². The number of thiazole rings is 1. The van der Waals surface area contributed by atoms with E-state index in [0.717, 1.165) is 24.6 Å². The predicted octanol–water partition coefficient (Wildman–Crippen LogP) is 2.86. The van der Waals surface area contributed by atoms with Gasteiger partial charge in [-0.1, -0.05) is 11.8 Å². The third-order valence-corrected chi connectivity index (χ3v) is 6.99. The summed E-state index contributed by atoms with van der Waals surface area (Å²) in [5, 5.41) is 5.54. The van der Waals surface area contributed by atoms with E-state index in [1.54, 1.807) is 5.38 Å². The molecule has 1 amide bonds. The zero-order valence-corrected chi connectivity index (χ0v) is 18.3. The standard InChI is InChI=1S/C18H20F2N6O3S2/c1-17(2)3-9-6-31-16(21)26-18(9,8-28-17)14-25-11(7-30-14)24-13(27)10-4-23-12(5-22-10)29-15(19)20/h4-5,7,9,15H,3,6,8H2,1-2H3,(H2,21,26)(H,24,27)/t9-,18-/m1/s1. The van der Waals surface area contributed by atoms with Crippen LogP contribution < -0.4 is 15.8 Å². The topological polar surface area (TPSA) is 125 Å². The normalized spacial score (nSPS) is 24.9. The van der Waals surface area contributed by atoms with Gasteiger partial charge in [0.2, 0.25) is 5.88 Å². The first-order valence-corrected chi connectivity index (χ1v) is 11.2. The number of fused-ring (bicyclic) bond motifs is 1. The van der Waals surface area contributed by atoms with Gasteiger partial charge in [-0.25, -0.2) is 19.9 Å². The largest absolute Gasteiger partial charge is 0.415 e. The fourth-order valence-electron chi connectivity index (χ4n) is 3.56. The molecule has 0 bridgehead atoms. The molecule has 2 aliphatic heterocycles. The van der Waals surface area contributed by atoms with E-state index in [4.69, 9.17) is 15.5 Å². The van der Waals surface area contributed by atoms with Crippen LogP contribution in [0.4, 0.5) is 14.6 Å². The van der Waals surface area contributed by atoms with Crippen molar-refractivity contribution in [2.24, 2.45) is 16.6 Å². The molecule has 2 aromatic heterocycles. The summed E-state index contributed by atoms with van der Waals surface area (Å²) in [4.78, 5) is 29.2. The Kier molecular flexibility index (Phi) is 5.83. The van der Waals surface area contributed by atoms with E-state index in [1.807, 2.05) is 0 Å². The first-order valence-electron chi connectivity index (χ1n) is 9.33. The Bertz CT molecular complexity index is 1000. The number of rotatable bonds is 5. The molecule has 13 heteroatoms. The number of carbonyl (C=O) groups excluding carboxylic acids is 1. The van der Waals surface area contributed by atoms with Crippen LogP contribution >= 0.6 is 23.1 Å². The SMILES string of the molecule is CC1(C)C[C@@H]2CSC(N)=N[C@]2(c2nc(NC(=O)c3cnc(OC(F)F)cn3)cs2)CO1. The fourth-order valence-corrected chi connectivity index (χ4v) is 5.51. The molecule has 0 unspecified atom stereocenters. The summed E-state index contributed by atoms with van der Waals surface area (Å²) < 4.78 is 34.6. The van der Waals surface area contributed by atoms with Crippen molar-refractivity contribution >= 4 is 40.0 Å². The Morgan fingerprint density at radius 2 is 2.19 bits per heavy atom. The Morgan fingerprint density at radius 1 is 1.39 bits per heavy atom. The molecule has 0 saturated carbocycles. The highest BCUT2D eigenvalue weighted by Crippen LogP contribution is 2.49. The maximum absolute atomic E-state index is 12.4. The number of nitrogens with one attached hydrogen (secondary N) is 1. The number of alkyl halides is 2. The molecule has 0 aliphatic carbocycles. The van der Waals surface area contributed by atoms with Crippen LogP contribution in [0.5, 0.6) is 5.88 Å². The summed E-state index contributed by atoms with van der Waals surface area (Å²) in [6, 6.07) is 0. The summed E-state index contributed by atoms with van der Waals surface area (Å²) in [5.41, 5.74) is 5.02. The second-order valence-corrected chi connectivity index (χ2v) is 9.64.